The summed E-state index contributed by atoms with van der Waals surface area (Å²) in [4.78, 5) is 10.8. The molecule has 8 aromatic carbocycles. The minimum absolute atomic E-state index is 0.0808. The van der Waals surface area contributed by atoms with E-state index >= 15 is 0 Å². The largest absolute Gasteiger partial charge is 0.360 e. The molecule has 0 aromatic heterocycles. The first-order valence-electron chi connectivity index (χ1n) is 23.0. The van der Waals surface area contributed by atoms with Crippen LogP contribution in [0.2, 0.25) is 0 Å². The van der Waals surface area contributed by atoms with E-state index in [1.165, 1.54) is 50.1 Å². The van der Waals surface area contributed by atoms with E-state index in [4.69, 9.17) is 9.98 Å². The zero-order valence-corrected chi connectivity index (χ0v) is 37.3. The van der Waals surface area contributed by atoms with Crippen molar-refractivity contribution in [2.75, 3.05) is 0 Å². The third-order valence-electron chi connectivity index (χ3n) is 13.3. The summed E-state index contributed by atoms with van der Waals surface area (Å²) in [5, 5.41) is 7.91. The highest BCUT2D eigenvalue weighted by Gasteiger charge is 2.29. The number of allylic oxidation sites excluding steroid dienone is 1. The molecule has 0 radical (unpaired) electrons. The molecule has 4 heteroatoms. The summed E-state index contributed by atoms with van der Waals surface area (Å²) in [6, 6.07) is 78.6. The number of nitrogens with one attached hydrogen (secondary N) is 2. The predicted molar refractivity (Wildman–Crippen MR) is 272 cm³/mol. The Morgan fingerprint density at radius 3 is 1.52 bits per heavy atom. The highest BCUT2D eigenvalue weighted by Crippen LogP contribution is 2.40. The molecule has 10 rings (SSSR count). The number of rotatable bonds is 9. The zero-order chi connectivity index (χ0) is 44.1. The molecule has 318 valence electrons. The molecule has 0 fully saturated rings. The van der Waals surface area contributed by atoms with Gasteiger partial charge in [-0.25, -0.2) is 0 Å². The summed E-state index contributed by atoms with van der Waals surface area (Å²) >= 11 is 0. The Labute approximate surface area is 384 Å². The van der Waals surface area contributed by atoms with Gasteiger partial charge in [0, 0.05) is 29.3 Å². The summed E-state index contributed by atoms with van der Waals surface area (Å²) in [7, 11) is 0. The van der Waals surface area contributed by atoms with Gasteiger partial charge in [-0.1, -0.05) is 220 Å². The molecule has 2 N–H and O–H groups in total. The van der Waals surface area contributed by atoms with Gasteiger partial charge in [0.25, 0.3) is 0 Å². The maximum Gasteiger partial charge on any atom is 0.145 e. The highest BCUT2D eigenvalue weighted by atomic mass is 15.1. The second-order valence-electron chi connectivity index (χ2n) is 17.5. The smallest absolute Gasteiger partial charge is 0.145 e. The van der Waals surface area contributed by atoms with Crippen LogP contribution in [0, 0.1) is 11.8 Å². The van der Waals surface area contributed by atoms with Gasteiger partial charge in [0.1, 0.15) is 12.3 Å². The van der Waals surface area contributed by atoms with Gasteiger partial charge >= 0.3 is 0 Å². The van der Waals surface area contributed by atoms with Crippen LogP contribution in [0.3, 0.4) is 0 Å². The minimum Gasteiger partial charge on any atom is -0.360 e. The van der Waals surface area contributed by atoms with Crippen LogP contribution < -0.4 is 10.6 Å². The predicted octanol–water partition coefficient (Wildman–Crippen LogP) is 14.7. The fraction of sp³-hybridized carbons (Fsp3) is 0.148. The zero-order valence-electron chi connectivity index (χ0n) is 37.3. The fourth-order valence-electron chi connectivity index (χ4n) is 9.61. The van der Waals surface area contributed by atoms with Gasteiger partial charge in [0.2, 0.25) is 0 Å². The molecule has 0 saturated carbocycles. The lowest BCUT2D eigenvalue weighted by Crippen LogP contribution is -2.24. The molecule has 0 aliphatic carbocycles. The first-order chi connectivity index (χ1) is 32.0. The molecule has 4 nitrogen and oxygen atoms in total. The molecule has 0 saturated heterocycles. The summed E-state index contributed by atoms with van der Waals surface area (Å²) in [6.45, 7) is 6.85. The van der Waals surface area contributed by atoms with Crippen LogP contribution in [-0.2, 0) is 0 Å². The van der Waals surface area contributed by atoms with Gasteiger partial charge in [-0.05, 0) is 97.8 Å². The second kappa shape index (κ2) is 18.8. The summed E-state index contributed by atoms with van der Waals surface area (Å²) in [6.07, 6.45) is 0.518. The minimum atomic E-state index is -0.226. The average Bonchev–Trinajstić information content (AvgIpc) is 3.64. The van der Waals surface area contributed by atoms with E-state index in [2.05, 4.69) is 250 Å². The molecule has 2 heterocycles. The lowest BCUT2D eigenvalue weighted by Gasteiger charge is -2.24. The molecule has 2 aliphatic heterocycles. The van der Waals surface area contributed by atoms with Gasteiger partial charge in [-0.15, -0.1) is 0 Å². The van der Waals surface area contributed by atoms with Crippen LogP contribution in [-0.4, -0.2) is 11.4 Å². The number of aliphatic imine (C=N–C) groups is 2. The van der Waals surface area contributed by atoms with Crippen LogP contribution in [0.5, 0.6) is 0 Å². The monoisotopic (exact) mass is 842 g/mol. The standard InChI is InChI=1S/C61H54N4/c1-41-38-56(62-60(49-26-15-7-16-27-49)63-57(41)46-22-11-5-12-23-46)53-31-19-30-52(39-53)55-40-51(44-20-9-4-10-21-44)36-37-54(55)45-32-34-48(35-33-45)59-43(3)42(2)58(47-24-13-6-14-25-47)64-61(65-59)50-28-17-8-18-29-50/h4-37,39-42,56,60-62,65H,38H2,1-3H3/t41-,42?,56?,60?,61?/m0/s1. The van der Waals surface area contributed by atoms with Crippen molar-refractivity contribution < 1.29 is 0 Å². The van der Waals surface area contributed by atoms with E-state index in [1.54, 1.807) is 0 Å². The van der Waals surface area contributed by atoms with Crippen LogP contribution in [0.1, 0.15) is 78.9 Å². The van der Waals surface area contributed by atoms with Crippen molar-refractivity contribution in [2.45, 2.75) is 45.6 Å². The molecule has 0 spiro atoms. The number of benzene rings is 8. The van der Waals surface area contributed by atoms with Gasteiger partial charge in [-0.3, -0.25) is 15.3 Å². The van der Waals surface area contributed by atoms with Gasteiger partial charge in [-0.2, -0.15) is 0 Å². The van der Waals surface area contributed by atoms with Crippen LogP contribution in [0.15, 0.2) is 234 Å². The van der Waals surface area contributed by atoms with Gasteiger partial charge in [0.05, 0.1) is 5.71 Å². The lowest BCUT2D eigenvalue weighted by molar-refractivity contribution is 0.430. The van der Waals surface area contributed by atoms with Crippen LogP contribution >= 0.6 is 0 Å². The van der Waals surface area contributed by atoms with Gasteiger partial charge < -0.3 is 5.32 Å². The van der Waals surface area contributed by atoms with Crippen molar-refractivity contribution in [3.05, 3.63) is 257 Å². The third-order valence-corrected chi connectivity index (χ3v) is 13.3. The molecular weight excluding hydrogens is 789 g/mol. The van der Waals surface area contributed by atoms with E-state index < -0.39 is 0 Å². The number of nitrogens with zero attached hydrogens (tertiary/aromatic N) is 2. The first kappa shape index (κ1) is 41.6. The van der Waals surface area contributed by atoms with Crippen molar-refractivity contribution in [1.29, 1.82) is 0 Å². The molecule has 4 unspecified atom stereocenters. The van der Waals surface area contributed by atoms with Crippen molar-refractivity contribution in [1.82, 2.24) is 10.6 Å². The molecule has 0 amide bonds. The Balaban J connectivity index is 1.02. The van der Waals surface area contributed by atoms with Crippen molar-refractivity contribution >= 4 is 17.1 Å². The molecule has 0 bridgehead atoms. The topological polar surface area (TPSA) is 48.8 Å². The van der Waals surface area contributed by atoms with Crippen molar-refractivity contribution in [3.8, 4) is 33.4 Å². The highest BCUT2D eigenvalue weighted by molar-refractivity contribution is 6.05. The fourth-order valence-corrected chi connectivity index (χ4v) is 9.61. The normalized spacial score (nSPS) is 19.9. The molecule has 2 aliphatic rings. The van der Waals surface area contributed by atoms with E-state index in [1.807, 2.05) is 0 Å². The van der Waals surface area contributed by atoms with E-state index in [9.17, 15) is 0 Å². The summed E-state index contributed by atoms with van der Waals surface area (Å²) < 4.78 is 0. The maximum atomic E-state index is 5.44. The van der Waals surface area contributed by atoms with E-state index in [-0.39, 0.29) is 30.2 Å². The lowest BCUT2D eigenvalue weighted by atomic mass is 9.87. The van der Waals surface area contributed by atoms with Crippen LogP contribution in [0.4, 0.5) is 0 Å². The van der Waals surface area contributed by atoms with E-state index in [0.29, 0.717) is 0 Å². The molecular formula is C61H54N4. The quantitative estimate of drug-likeness (QED) is 0.152. The van der Waals surface area contributed by atoms with E-state index in [0.717, 1.165) is 45.8 Å². The van der Waals surface area contributed by atoms with Crippen molar-refractivity contribution in [2.24, 2.45) is 21.8 Å². The molecule has 65 heavy (non-hydrogen) atoms. The summed E-state index contributed by atoms with van der Waals surface area (Å²) in [5.74, 6) is 0.356. The average molecular weight is 843 g/mol. The molecule has 5 atom stereocenters. The Hall–Kier alpha value is -7.40. The Morgan fingerprint density at radius 1 is 0.400 bits per heavy atom. The second-order valence-corrected chi connectivity index (χ2v) is 17.5. The Bertz CT molecular complexity index is 2980. The Morgan fingerprint density at radius 2 is 0.892 bits per heavy atom. The van der Waals surface area contributed by atoms with Gasteiger partial charge in [0.15, 0.2) is 0 Å². The number of hydrogen-bond acceptors (Lipinski definition) is 4. The van der Waals surface area contributed by atoms with Crippen molar-refractivity contribution in [3.63, 3.8) is 0 Å². The SMILES string of the molecule is CC1=C(c2ccc(-c3ccc(-c4ccccc4)cc3-c3cccc(C4C[C@H](C)C(c5ccccc5)=NC(c5ccccc5)N4)c3)cc2)NC(c2ccccc2)N=C(c2ccccc2)C1C. The summed E-state index contributed by atoms with van der Waals surface area (Å²) in [5.41, 5.74) is 18.8. The third kappa shape index (κ3) is 8.91. The van der Waals surface area contributed by atoms with Crippen LogP contribution in [0.25, 0.3) is 39.1 Å². The maximum absolute atomic E-state index is 5.44. The Kier molecular flexibility index (Phi) is 12.0. The number of hydrogen-bond donors (Lipinski definition) is 2. The first-order valence-corrected chi connectivity index (χ1v) is 23.0. The molecule has 8 aromatic rings.